The largest absolute Gasteiger partial charge is 0.462 e. The number of nitrogen functional groups attached to an aromatic ring is 1. The fraction of sp³-hybridized carbons (Fsp3) is 0.154. The Bertz CT molecular complexity index is 558. The Labute approximate surface area is 111 Å². The zero-order valence-electron chi connectivity index (χ0n) is 9.97. The first-order chi connectivity index (χ1) is 8.26. The molecule has 0 atom stereocenters. The molecule has 96 valence electrons. The van der Waals surface area contributed by atoms with Gasteiger partial charge in [0.05, 0.1) is 12.2 Å². The number of benzene rings is 2. The summed E-state index contributed by atoms with van der Waals surface area (Å²) in [4.78, 5) is 11.8. The van der Waals surface area contributed by atoms with Crippen molar-refractivity contribution in [1.82, 2.24) is 0 Å². The minimum atomic E-state index is -0.333. The van der Waals surface area contributed by atoms with E-state index >= 15 is 0 Å². The average Bonchev–Trinajstić information content (AvgIpc) is 2.37. The second-order valence-corrected chi connectivity index (χ2v) is 3.61. The lowest BCUT2D eigenvalue weighted by molar-refractivity contribution is 0.0529. The van der Waals surface area contributed by atoms with E-state index in [0.717, 1.165) is 10.8 Å². The fourth-order valence-corrected chi connectivity index (χ4v) is 1.77. The molecule has 0 aliphatic heterocycles. The Hall–Kier alpha value is -1.78. The average molecular weight is 267 g/mol. The number of halogens is 1. The molecule has 0 radical (unpaired) electrons. The number of carbonyl (C=O) groups excluding carboxylic acids is 1. The van der Waals surface area contributed by atoms with E-state index < -0.39 is 0 Å². The van der Waals surface area contributed by atoms with Crippen molar-refractivity contribution in [3.05, 3.63) is 42.0 Å². The van der Waals surface area contributed by atoms with Crippen molar-refractivity contribution in [2.45, 2.75) is 6.92 Å². The third kappa shape index (κ3) is 2.72. The van der Waals surface area contributed by atoms with Crippen LogP contribution in [-0.4, -0.2) is 12.6 Å². The van der Waals surface area contributed by atoms with Gasteiger partial charge in [-0.2, -0.15) is 0 Å². The maximum Gasteiger partial charge on any atom is 0.338 e. The lowest BCUT2D eigenvalue weighted by Crippen LogP contribution is -2.10. The maximum atomic E-state index is 11.8. The van der Waals surface area contributed by atoms with Gasteiger partial charge in [-0.05, 0) is 29.8 Å². The number of rotatable bonds is 3. The summed E-state index contributed by atoms with van der Waals surface area (Å²) in [5.74, 6) is 5.05. The van der Waals surface area contributed by atoms with Gasteiger partial charge in [-0.3, -0.25) is 5.84 Å². The molecular weight excluding hydrogens is 252 g/mol. The highest BCUT2D eigenvalue weighted by Crippen LogP contribution is 2.24. The molecule has 5 heteroatoms. The number of nitrogens with two attached hydrogens (primary N) is 1. The smallest absolute Gasteiger partial charge is 0.338 e. The van der Waals surface area contributed by atoms with Gasteiger partial charge in [-0.1, -0.05) is 24.3 Å². The molecule has 4 nitrogen and oxygen atoms in total. The van der Waals surface area contributed by atoms with Crippen LogP contribution in [0.15, 0.2) is 36.4 Å². The molecule has 2 aromatic carbocycles. The lowest BCUT2D eigenvalue weighted by Gasteiger charge is -2.09. The predicted molar refractivity (Wildman–Crippen MR) is 75.0 cm³/mol. The van der Waals surface area contributed by atoms with E-state index in [0.29, 0.717) is 17.9 Å². The van der Waals surface area contributed by atoms with E-state index in [4.69, 9.17) is 10.6 Å². The minimum Gasteiger partial charge on any atom is -0.462 e. The summed E-state index contributed by atoms with van der Waals surface area (Å²) in [7, 11) is 0. The van der Waals surface area contributed by atoms with Crippen molar-refractivity contribution >= 4 is 34.8 Å². The standard InChI is InChI=1S/C13H14N2O2.ClH/c1-2-17-13(16)12-8-10(15-14)7-9-5-3-4-6-11(9)12;/h3-8,15H,2,14H2,1H3;1H. The highest BCUT2D eigenvalue weighted by molar-refractivity contribution is 6.06. The first kappa shape index (κ1) is 14.3. The summed E-state index contributed by atoms with van der Waals surface area (Å²) in [5.41, 5.74) is 3.76. The molecule has 0 aromatic heterocycles. The van der Waals surface area contributed by atoms with Gasteiger partial charge in [0.2, 0.25) is 0 Å². The molecule has 0 unspecified atom stereocenters. The molecule has 0 aliphatic carbocycles. The monoisotopic (exact) mass is 266 g/mol. The Morgan fingerprint density at radius 3 is 2.72 bits per heavy atom. The summed E-state index contributed by atoms with van der Waals surface area (Å²) in [6.07, 6.45) is 0. The zero-order valence-corrected chi connectivity index (χ0v) is 10.8. The van der Waals surface area contributed by atoms with Gasteiger partial charge in [0.25, 0.3) is 0 Å². The Kier molecular flexibility index (Phi) is 4.95. The number of hydrogen-bond acceptors (Lipinski definition) is 4. The quantitative estimate of drug-likeness (QED) is 0.509. The van der Waals surface area contributed by atoms with Crippen molar-refractivity contribution in [1.29, 1.82) is 0 Å². The van der Waals surface area contributed by atoms with Gasteiger partial charge in [0.1, 0.15) is 0 Å². The number of esters is 1. The number of anilines is 1. The second kappa shape index (κ2) is 6.23. The van der Waals surface area contributed by atoms with Crippen LogP contribution in [-0.2, 0) is 4.74 Å². The molecule has 0 fully saturated rings. The summed E-state index contributed by atoms with van der Waals surface area (Å²) in [6, 6.07) is 11.2. The van der Waals surface area contributed by atoms with Crippen molar-refractivity contribution in [3.63, 3.8) is 0 Å². The third-order valence-electron chi connectivity index (χ3n) is 2.52. The molecule has 0 spiro atoms. The predicted octanol–water partition coefficient (Wildman–Crippen LogP) is 2.72. The summed E-state index contributed by atoms with van der Waals surface area (Å²) >= 11 is 0. The number of fused-ring (bicyclic) bond motifs is 1. The van der Waals surface area contributed by atoms with E-state index in [9.17, 15) is 4.79 Å². The van der Waals surface area contributed by atoms with Crippen LogP contribution in [0.2, 0.25) is 0 Å². The third-order valence-corrected chi connectivity index (χ3v) is 2.52. The molecule has 2 aromatic rings. The van der Waals surface area contributed by atoms with E-state index in [-0.39, 0.29) is 18.4 Å². The second-order valence-electron chi connectivity index (χ2n) is 3.61. The van der Waals surface area contributed by atoms with Crippen LogP contribution in [0.5, 0.6) is 0 Å². The molecule has 0 heterocycles. The number of ether oxygens (including phenoxy) is 1. The Morgan fingerprint density at radius 2 is 2.06 bits per heavy atom. The summed E-state index contributed by atoms with van der Waals surface area (Å²) < 4.78 is 5.03. The molecule has 2 rings (SSSR count). The molecule has 0 bridgehead atoms. The number of hydrazine groups is 1. The van der Waals surface area contributed by atoms with Crippen LogP contribution in [0.25, 0.3) is 10.8 Å². The number of carbonyl (C=O) groups is 1. The number of hydrogen-bond donors (Lipinski definition) is 2. The minimum absolute atomic E-state index is 0. The summed E-state index contributed by atoms with van der Waals surface area (Å²) in [5, 5.41) is 1.82. The fourth-order valence-electron chi connectivity index (χ4n) is 1.77. The first-order valence-corrected chi connectivity index (χ1v) is 5.42. The normalized spacial score (nSPS) is 9.67. The molecular formula is C13H15ClN2O2. The van der Waals surface area contributed by atoms with Crippen LogP contribution >= 0.6 is 12.4 Å². The van der Waals surface area contributed by atoms with E-state index in [1.165, 1.54) is 0 Å². The van der Waals surface area contributed by atoms with E-state index in [1.54, 1.807) is 13.0 Å². The highest BCUT2D eigenvalue weighted by atomic mass is 35.5. The lowest BCUT2D eigenvalue weighted by atomic mass is 10.0. The SMILES string of the molecule is CCOC(=O)c1cc(NN)cc2ccccc12.Cl. The summed E-state index contributed by atoms with van der Waals surface area (Å²) in [6.45, 7) is 2.14. The van der Waals surface area contributed by atoms with Crippen LogP contribution in [0.3, 0.4) is 0 Å². The molecule has 0 saturated heterocycles. The van der Waals surface area contributed by atoms with Crippen LogP contribution in [0.4, 0.5) is 5.69 Å². The van der Waals surface area contributed by atoms with Gasteiger partial charge < -0.3 is 10.2 Å². The van der Waals surface area contributed by atoms with Crippen LogP contribution in [0, 0.1) is 0 Å². The molecule has 18 heavy (non-hydrogen) atoms. The van der Waals surface area contributed by atoms with Gasteiger partial charge in [-0.15, -0.1) is 12.4 Å². The Morgan fingerprint density at radius 1 is 1.33 bits per heavy atom. The first-order valence-electron chi connectivity index (χ1n) is 5.42. The van der Waals surface area contributed by atoms with Gasteiger partial charge >= 0.3 is 5.97 Å². The maximum absolute atomic E-state index is 11.8. The molecule has 3 N–H and O–H groups in total. The van der Waals surface area contributed by atoms with Gasteiger partial charge in [-0.25, -0.2) is 4.79 Å². The zero-order chi connectivity index (χ0) is 12.3. The molecule has 0 saturated carbocycles. The van der Waals surface area contributed by atoms with Crippen molar-refractivity contribution in [2.75, 3.05) is 12.0 Å². The van der Waals surface area contributed by atoms with Crippen molar-refractivity contribution in [3.8, 4) is 0 Å². The van der Waals surface area contributed by atoms with Crippen molar-refractivity contribution < 1.29 is 9.53 Å². The molecule has 0 amide bonds. The highest BCUT2D eigenvalue weighted by Gasteiger charge is 2.12. The Balaban J connectivity index is 0.00000162. The van der Waals surface area contributed by atoms with Gasteiger partial charge in [0.15, 0.2) is 0 Å². The topological polar surface area (TPSA) is 64.3 Å². The van der Waals surface area contributed by atoms with Crippen LogP contribution in [0.1, 0.15) is 17.3 Å². The van der Waals surface area contributed by atoms with Crippen molar-refractivity contribution in [2.24, 2.45) is 5.84 Å². The van der Waals surface area contributed by atoms with Gasteiger partial charge in [0, 0.05) is 5.69 Å². The molecule has 0 aliphatic rings. The van der Waals surface area contributed by atoms with Crippen LogP contribution < -0.4 is 11.3 Å². The van der Waals surface area contributed by atoms with E-state index in [2.05, 4.69) is 5.43 Å². The van der Waals surface area contributed by atoms with E-state index in [1.807, 2.05) is 30.3 Å². The number of nitrogens with one attached hydrogen (secondary N) is 1.